The zero-order valence-corrected chi connectivity index (χ0v) is 15.1. The number of aromatic carboxylic acids is 1. The van der Waals surface area contributed by atoms with E-state index in [1.807, 2.05) is 44.2 Å². The summed E-state index contributed by atoms with van der Waals surface area (Å²) in [5.41, 5.74) is 3.39. The van der Waals surface area contributed by atoms with Crippen LogP contribution in [0.3, 0.4) is 0 Å². The number of benzene rings is 2. The molecule has 2 rings (SSSR count). The highest BCUT2D eigenvalue weighted by Crippen LogP contribution is 2.29. The summed E-state index contributed by atoms with van der Waals surface area (Å²) in [5, 5.41) is 9.66. The Morgan fingerprint density at radius 3 is 2.44 bits per heavy atom. The first-order valence-corrected chi connectivity index (χ1v) is 8.71. The van der Waals surface area contributed by atoms with Crippen molar-refractivity contribution >= 4 is 17.4 Å². The van der Waals surface area contributed by atoms with Gasteiger partial charge in [-0.15, -0.1) is 0 Å². The molecule has 0 heterocycles. The Morgan fingerprint density at radius 2 is 1.84 bits per heavy atom. The van der Waals surface area contributed by atoms with Crippen molar-refractivity contribution in [2.75, 3.05) is 6.61 Å². The largest absolute Gasteiger partial charge is 0.494 e. The Morgan fingerprint density at radius 1 is 1.12 bits per heavy atom. The Labute approximate surface area is 149 Å². The van der Waals surface area contributed by atoms with Crippen LogP contribution in [0.25, 0.3) is 0 Å². The number of hydrogen-bond donors (Lipinski definition) is 1. The van der Waals surface area contributed by atoms with Gasteiger partial charge in [0.15, 0.2) is 0 Å². The SMILES string of the molecule is CCCCC(=Nc1ccccc1)c1c(C(=O)O)ccc(OCC)c1C. The average Bonchev–Trinajstić information content (AvgIpc) is 2.61. The van der Waals surface area contributed by atoms with Gasteiger partial charge in [0.1, 0.15) is 5.75 Å². The van der Waals surface area contributed by atoms with E-state index in [9.17, 15) is 9.90 Å². The number of para-hydroxylation sites is 1. The summed E-state index contributed by atoms with van der Waals surface area (Å²) in [6.07, 6.45) is 2.69. The van der Waals surface area contributed by atoms with E-state index in [1.54, 1.807) is 12.1 Å². The Kier molecular flexibility index (Phi) is 6.75. The summed E-state index contributed by atoms with van der Waals surface area (Å²) < 4.78 is 5.67. The second kappa shape index (κ2) is 9.02. The number of carboxylic acids is 1. The Balaban J connectivity index is 2.64. The summed E-state index contributed by atoms with van der Waals surface area (Å²) in [6.45, 7) is 6.47. The van der Waals surface area contributed by atoms with Gasteiger partial charge >= 0.3 is 5.97 Å². The van der Waals surface area contributed by atoms with Crippen LogP contribution in [0, 0.1) is 6.92 Å². The van der Waals surface area contributed by atoms with E-state index in [0.29, 0.717) is 17.9 Å². The van der Waals surface area contributed by atoms with Gasteiger partial charge in [-0.25, -0.2) is 4.79 Å². The van der Waals surface area contributed by atoms with E-state index in [2.05, 4.69) is 6.92 Å². The first-order valence-electron chi connectivity index (χ1n) is 8.71. The lowest BCUT2D eigenvalue weighted by atomic mass is 9.93. The van der Waals surface area contributed by atoms with E-state index in [4.69, 9.17) is 9.73 Å². The molecule has 25 heavy (non-hydrogen) atoms. The molecule has 0 fully saturated rings. The molecule has 0 aliphatic rings. The number of unbranched alkanes of at least 4 members (excludes halogenated alkanes) is 1. The molecule has 0 unspecified atom stereocenters. The van der Waals surface area contributed by atoms with Crippen LogP contribution >= 0.6 is 0 Å². The molecule has 0 amide bonds. The molecule has 0 saturated heterocycles. The van der Waals surface area contributed by atoms with E-state index >= 15 is 0 Å². The third kappa shape index (κ3) is 4.69. The summed E-state index contributed by atoms with van der Waals surface area (Å²) in [5.74, 6) is -0.238. The molecule has 132 valence electrons. The molecule has 0 atom stereocenters. The smallest absolute Gasteiger partial charge is 0.336 e. The van der Waals surface area contributed by atoms with Crippen LogP contribution in [-0.4, -0.2) is 23.4 Å². The number of carboxylic acid groups (broad SMARTS) is 1. The highest BCUT2D eigenvalue weighted by atomic mass is 16.5. The number of nitrogens with zero attached hydrogens (tertiary/aromatic N) is 1. The third-order valence-corrected chi connectivity index (χ3v) is 4.02. The second-order valence-electron chi connectivity index (χ2n) is 5.85. The van der Waals surface area contributed by atoms with Crippen molar-refractivity contribution in [3.63, 3.8) is 0 Å². The zero-order valence-electron chi connectivity index (χ0n) is 15.1. The van der Waals surface area contributed by atoms with Crippen molar-refractivity contribution in [1.82, 2.24) is 0 Å². The van der Waals surface area contributed by atoms with Gasteiger partial charge < -0.3 is 9.84 Å². The van der Waals surface area contributed by atoms with Crippen molar-refractivity contribution in [3.05, 3.63) is 59.2 Å². The van der Waals surface area contributed by atoms with Crippen molar-refractivity contribution in [3.8, 4) is 5.75 Å². The molecular weight excluding hydrogens is 314 g/mol. The lowest BCUT2D eigenvalue weighted by Gasteiger charge is -2.16. The number of rotatable bonds is 8. The molecule has 4 heteroatoms. The zero-order chi connectivity index (χ0) is 18.2. The van der Waals surface area contributed by atoms with Gasteiger partial charge in [-0.1, -0.05) is 31.5 Å². The Hall–Kier alpha value is -2.62. The second-order valence-corrected chi connectivity index (χ2v) is 5.85. The van der Waals surface area contributed by atoms with E-state index in [1.165, 1.54) is 0 Å². The highest BCUT2D eigenvalue weighted by molar-refractivity contribution is 6.10. The molecule has 2 aromatic carbocycles. The lowest BCUT2D eigenvalue weighted by molar-refractivity contribution is 0.0696. The third-order valence-electron chi connectivity index (χ3n) is 4.02. The normalized spacial score (nSPS) is 11.4. The first kappa shape index (κ1) is 18.7. The minimum atomic E-state index is -0.946. The standard InChI is InChI=1S/C21H25NO3/c1-4-6-12-18(22-16-10-8-7-9-11-16)20-15(3)19(25-5-2)14-13-17(20)21(23)24/h7-11,13-14H,4-6,12H2,1-3H3,(H,23,24). The fourth-order valence-electron chi connectivity index (χ4n) is 2.79. The van der Waals surface area contributed by atoms with Crippen LogP contribution in [0.15, 0.2) is 47.5 Å². The van der Waals surface area contributed by atoms with Crippen LogP contribution in [0.1, 0.15) is 54.6 Å². The molecule has 0 spiro atoms. The Bertz CT molecular complexity index is 751. The monoisotopic (exact) mass is 339 g/mol. The average molecular weight is 339 g/mol. The maximum atomic E-state index is 11.8. The van der Waals surface area contributed by atoms with Gasteiger partial charge in [-0.2, -0.15) is 0 Å². The van der Waals surface area contributed by atoms with Gasteiger partial charge in [-0.3, -0.25) is 4.99 Å². The minimum absolute atomic E-state index is 0.270. The number of hydrogen-bond acceptors (Lipinski definition) is 3. The van der Waals surface area contributed by atoms with E-state index in [0.717, 1.165) is 36.2 Å². The summed E-state index contributed by atoms with van der Waals surface area (Å²) in [7, 11) is 0. The number of aliphatic imine (C=N–C) groups is 1. The molecular formula is C21H25NO3. The van der Waals surface area contributed by atoms with Crippen LogP contribution in [0.2, 0.25) is 0 Å². The summed E-state index contributed by atoms with van der Waals surface area (Å²) >= 11 is 0. The molecule has 4 nitrogen and oxygen atoms in total. The van der Waals surface area contributed by atoms with Crippen LogP contribution in [0.4, 0.5) is 5.69 Å². The van der Waals surface area contributed by atoms with Gasteiger partial charge in [0.25, 0.3) is 0 Å². The molecule has 0 saturated carbocycles. The predicted molar refractivity (Wildman–Crippen MR) is 101 cm³/mol. The summed E-state index contributed by atoms with van der Waals surface area (Å²) in [4.78, 5) is 16.5. The molecule has 0 aliphatic heterocycles. The fourth-order valence-corrected chi connectivity index (χ4v) is 2.79. The fraction of sp³-hybridized carbons (Fsp3) is 0.333. The van der Waals surface area contributed by atoms with Gasteiger partial charge in [0, 0.05) is 16.8 Å². The van der Waals surface area contributed by atoms with Gasteiger partial charge in [-0.05, 0) is 51.0 Å². The molecule has 0 aromatic heterocycles. The topological polar surface area (TPSA) is 58.9 Å². The van der Waals surface area contributed by atoms with Crippen LogP contribution in [-0.2, 0) is 0 Å². The lowest BCUT2D eigenvalue weighted by Crippen LogP contribution is -2.13. The molecule has 2 aromatic rings. The van der Waals surface area contributed by atoms with Gasteiger partial charge in [0.2, 0.25) is 0 Å². The number of carbonyl (C=O) groups is 1. The van der Waals surface area contributed by atoms with Crippen molar-refractivity contribution in [1.29, 1.82) is 0 Å². The maximum absolute atomic E-state index is 11.8. The predicted octanol–water partition coefficient (Wildman–Crippen LogP) is 5.40. The highest BCUT2D eigenvalue weighted by Gasteiger charge is 2.20. The van der Waals surface area contributed by atoms with Crippen LogP contribution < -0.4 is 4.74 Å². The van der Waals surface area contributed by atoms with Crippen molar-refractivity contribution in [2.24, 2.45) is 4.99 Å². The van der Waals surface area contributed by atoms with Crippen molar-refractivity contribution < 1.29 is 14.6 Å². The summed E-state index contributed by atoms with van der Waals surface area (Å²) in [6, 6.07) is 13.0. The number of ether oxygens (including phenoxy) is 1. The molecule has 0 bridgehead atoms. The van der Waals surface area contributed by atoms with E-state index < -0.39 is 5.97 Å². The minimum Gasteiger partial charge on any atom is -0.494 e. The maximum Gasteiger partial charge on any atom is 0.336 e. The van der Waals surface area contributed by atoms with E-state index in [-0.39, 0.29) is 5.56 Å². The molecule has 0 aliphatic carbocycles. The first-order chi connectivity index (χ1) is 12.1. The quantitative estimate of drug-likeness (QED) is 0.655. The molecule has 1 N–H and O–H groups in total. The van der Waals surface area contributed by atoms with Crippen molar-refractivity contribution in [2.45, 2.75) is 40.0 Å². The van der Waals surface area contributed by atoms with Crippen LogP contribution in [0.5, 0.6) is 5.75 Å². The van der Waals surface area contributed by atoms with Gasteiger partial charge in [0.05, 0.1) is 17.9 Å². The molecule has 0 radical (unpaired) electrons.